The average molecular weight is 495 g/mol. The van der Waals surface area contributed by atoms with Gasteiger partial charge in [-0.05, 0) is 36.2 Å². The van der Waals surface area contributed by atoms with Crippen LogP contribution in [0.5, 0.6) is 5.75 Å². The molecule has 182 valence electrons. The fraction of sp³-hybridized carbons (Fsp3) is 0.407. The number of rotatable bonds is 4. The van der Waals surface area contributed by atoms with Gasteiger partial charge in [-0.25, -0.2) is 0 Å². The number of carbonyl (C=O) groups is 4. The molecule has 2 aromatic rings. The van der Waals surface area contributed by atoms with Crippen molar-refractivity contribution in [3.63, 3.8) is 0 Å². The number of likely N-dealkylation sites (tertiary alicyclic amines) is 1. The standard InChI is InChI=1S/C27H27ClN2O5/c1-3-16(2)23(30-24(32)18-6-4-5-7-19(18)25(30)33)26(34)29-12-10-27(11-13-29)15-21(31)20-14-17(28)8-9-22(20)35-27/h4-9,14,16,23H,3,10-13,15H2,1-2H3. The van der Waals surface area contributed by atoms with Gasteiger partial charge in [0.05, 0.1) is 23.1 Å². The maximum absolute atomic E-state index is 13.8. The van der Waals surface area contributed by atoms with E-state index < -0.39 is 23.5 Å². The molecule has 1 spiro atoms. The number of hydrogen-bond acceptors (Lipinski definition) is 5. The summed E-state index contributed by atoms with van der Waals surface area (Å²) < 4.78 is 6.28. The number of ketones is 1. The van der Waals surface area contributed by atoms with Crippen molar-refractivity contribution in [2.75, 3.05) is 13.1 Å². The van der Waals surface area contributed by atoms with Gasteiger partial charge in [-0.1, -0.05) is 44.0 Å². The predicted octanol–water partition coefficient (Wildman–Crippen LogP) is 4.38. The van der Waals surface area contributed by atoms with Crippen LogP contribution in [0.4, 0.5) is 0 Å². The number of fused-ring (bicyclic) bond motifs is 2. The van der Waals surface area contributed by atoms with Gasteiger partial charge >= 0.3 is 0 Å². The summed E-state index contributed by atoms with van der Waals surface area (Å²) in [7, 11) is 0. The Hall–Kier alpha value is -3.19. The summed E-state index contributed by atoms with van der Waals surface area (Å²) in [6.45, 7) is 4.60. The second-order valence-electron chi connectivity index (χ2n) is 9.71. The molecule has 2 atom stereocenters. The summed E-state index contributed by atoms with van der Waals surface area (Å²) in [5.41, 5.74) is 0.494. The number of nitrogens with zero attached hydrogens (tertiary/aromatic N) is 2. The molecular formula is C27H27ClN2O5. The molecule has 1 fully saturated rings. The molecule has 8 heteroatoms. The van der Waals surface area contributed by atoms with Crippen molar-refractivity contribution >= 4 is 35.1 Å². The highest BCUT2D eigenvalue weighted by Gasteiger charge is 2.48. The molecule has 5 rings (SSSR count). The van der Waals surface area contributed by atoms with Gasteiger partial charge in [-0.15, -0.1) is 0 Å². The third kappa shape index (κ3) is 3.92. The summed E-state index contributed by atoms with van der Waals surface area (Å²) >= 11 is 6.04. The first-order valence-electron chi connectivity index (χ1n) is 12.0. The predicted molar refractivity (Wildman–Crippen MR) is 130 cm³/mol. The fourth-order valence-corrected chi connectivity index (χ4v) is 5.53. The first-order valence-corrected chi connectivity index (χ1v) is 12.4. The Balaban J connectivity index is 1.35. The van der Waals surface area contributed by atoms with Crippen LogP contribution in [-0.4, -0.2) is 58.0 Å². The maximum Gasteiger partial charge on any atom is 0.262 e. The van der Waals surface area contributed by atoms with Gasteiger partial charge in [0.1, 0.15) is 17.4 Å². The molecule has 3 aliphatic heterocycles. The molecular weight excluding hydrogens is 468 g/mol. The number of piperidine rings is 1. The van der Waals surface area contributed by atoms with Crippen molar-refractivity contribution < 1.29 is 23.9 Å². The zero-order chi connectivity index (χ0) is 24.9. The molecule has 3 heterocycles. The minimum atomic E-state index is -0.877. The first-order chi connectivity index (χ1) is 16.7. The SMILES string of the molecule is CCC(C)C(C(=O)N1CCC2(CC1)CC(=O)c1cc(Cl)ccc1O2)N1C(=O)c2ccccc2C1=O. The molecule has 0 aliphatic carbocycles. The summed E-state index contributed by atoms with van der Waals surface area (Å²) in [5, 5.41) is 0.487. The Morgan fingerprint density at radius 3 is 2.26 bits per heavy atom. The molecule has 3 amide bonds. The fourth-order valence-electron chi connectivity index (χ4n) is 5.36. The quantitative estimate of drug-likeness (QED) is 0.589. The van der Waals surface area contributed by atoms with Crippen LogP contribution in [0, 0.1) is 5.92 Å². The number of hydrogen-bond donors (Lipinski definition) is 0. The van der Waals surface area contributed by atoms with E-state index in [1.165, 1.54) is 0 Å². The minimum Gasteiger partial charge on any atom is -0.486 e. The van der Waals surface area contributed by atoms with Crippen LogP contribution in [0.2, 0.25) is 5.02 Å². The molecule has 0 aromatic heterocycles. The van der Waals surface area contributed by atoms with Crippen molar-refractivity contribution in [2.24, 2.45) is 5.92 Å². The Morgan fingerprint density at radius 1 is 1.03 bits per heavy atom. The number of carbonyl (C=O) groups excluding carboxylic acids is 4. The van der Waals surface area contributed by atoms with E-state index in [9.17, 15) is 19.2 Å². The third-order valence-electron chi connectivity index (χ3n) is 7.58. The summed E-state index contributed by atoms with van der Waals surface area (Å²) in [6, 6.07) is 10.9. The van der Waals surface area contributed by atoms with Crippen LogP contribution in [-0.2, 0) is 4.79 Å². The smallest absolute Gasteiger partial charge is 0.262 e. The van der Waals surface area contributed by atoms with E-state index >= 15 is 0 Å². The number of amides is 3. The van der Waals surface area contributed by atoms with Crippen LogP contribution in [0.3, 0.4) is 0 Å². The monoisotopic (exact) mass is 494 g/mol. The van der Waals surface area contributed by atoms with Gasteiger partial charge in [0.25, 0.3) is 11.8 Å². The first kappa shape index (κ1) is 23.5. The van der Waals surface area contributed by atoms with Gasteiger partial charge in [0.2, 0.25) is 5.91 Å². The van der Waals surface area contributed by atoms with Crippen molar-refractivity contribution in [3.05, 3.63) is 64.2 Å². The number of benzene rings is 2. The zero-order valence-corrected chi connectivity index (χ0v) is 20.5. The minimum absolute atomic E-state index is 0.0166. The Morgan fingerprint density at radius 2 is 1.66 bits per heavy atom. The largest absolute Gasteiger partial charge is 0.486 e. The lowest BCUT2D eigenvalue weighted by atomic mass is 9.82. The molecule has 2 aromatic carbocycles. The van der Waals surface area contributed by atoms with Crippen molar-refractivity contribution in [2.45, 2.75) is 51.2 Å². The molecule has 2 unspecified atom stereocenters. The lowest BCUT2D eigenvalue weighted by Gasteiger charge is -2.45. The van der Waals surface area contributed by atoms with Gasteiger partial charge in [0, 0.05) is 31.0 Å². The molecule has 35 heavy (non-hydrogen) atoms. The topological polar surface area (TPSA) is 84.0 Å². The van der Waals surface area contributed by atoms with Crippen molar-refractivity contribution in [1.82, 2.24) is 9.80 Å². The molecule has 0 bridgehead atoms. The lowest BCUT2D eigenvalue weighted by Crippen LogP contribution is -2.58. The van der Waals surface area contributed by atoms with Gasteiger partial charge in [-0.2, -0.15) is 0 Å². The summed E-state index contributed by atoms with van der Waals surface area (Å²) in [4.78, 5) is 55.7. The molecule has 0 N–H and O–H groups in total. The van der Waals surface area contributed by atoms with Gasteiger partial charge in [0.15, 0.2) is 5.78 Å². The normalized spacial score (nSPS) is 20.4. The van der Waals surface area contributed by atoms with Crippen LogP contribution < -0.4 is 4.74 Å². The number of ether oxygens (including phenoxy) is 1. The van der Waals surface area contributed by atoms with E-state index in [0.29, 0.717) is 59.8 Å². The zero-order valence-electron chi connectivity index (χ0n) is 19.8. The molecule has 3 aliphatic rings. The highest BCUT2D eigenvalue weighted by Crippen LogP contribution is 2.40. The summed E-state index contributed by atoms with van der Waals surface area (Å²) in [5.74, 6) is -0.780. The van der Waals surface area contributed by atoms with Gasteiger partial charge in [-0.3, -0.25) is 24.1 Å². The van der Waals surface area contributed by atoms with Crippen LogP contribution >= 0.6 is 11.6 Å². The van der Waals surface area contributed by atoms with Crippen molar-refractivity contribution in [1.29, 1.82) is 0 Å². The Bertz CT molecular complexity index is 1200. The number of halogens is 1. The Kier molecular flexibility index (Phi) is 5.91. The highest BCUT2D eigenvalue weighted by atomic mass is 35.5. The second kappa shape index (κ2) is 8.79. The van der Waals surface area contributed by atoms with Gasteiger partial charge < -0.3 is 9.64 Å². The van der Waals surface area contributed by atoms with E-state index in [-0.39, 0.29) is 24.0 Å². The molecule has 7 nitrogen and oxygen atoms in total. The second-order valence-corrected chi connectivity index (χ2v) is 10.1. The highest BCUT2D eigenvalue weighted by molar-refractivity contribution is 6.31. The van der Waals surface area contributed by atoms with E-state index in [1.807, 2.05) is 13.8 Å². The molecule has 1 saturated heterocycles. The van der Waals surface area contributed by atoms with E-state index in [2.05, 4.69) is 0 Å². The van der Waals surface area contributed by atoms with Crippen LogP contribution in [0.25, 0.3) is 0 Å². The number of Topliss-reactive ketones (excluding diaryl/α,β-unsaturated/α-hetero) is 1. The van der Waals surface area contributed by atoms with E-state index in [4.69, 9.17) is 16.3 Å². The molecule has 0 radical (unpaired) electrons. The number of imide groups is 1. The lowest BCUT2D eigenvalue weighted by molar-refractivity contribution is -0.140. The summed E-state index contributed by atoms with van der Waals surface area (Å²) in [6.07, 6.45) is 1.85. The van der Waals surface area contributed by atoms with Crippen molar-refractivity contribution in [3.8, 4) is 5.75 Å². The van der Waals surface area contributed by atoms with E-state index in [1.54, 1.807) is 47.4 Å². The van der Waals surface area contributed by atoms with Crippen LogP contribution in [0.1, 0.15) is 70.6 Å². The van der Waals surface area contributed by atoms with E-state index in [0.717, 1.165) is 4.90 Å². The Labute approximate surface area is 209 Å². The average Bonchev–Trinajstić information content (AvgIpc) is 3.10. The maximum atomic E-state index is 13.8. The third-order valence-corrected chi connectivity index (χ3v) is 7.81. The van der Waals surface area contributed by atoms with Crippen LogP contribution in [0.15, 0.2) is 42.5 Å². The molecule has 0 saturated carbocycles.